The fourth-order valence-electron chi connectivity index (χ4n) is 1.66. The first-order valence-electron chi connectivity index (χ1n) is 4.35. The van der Waals surface area contributed by atoms with Gasteiger partial charge < -0.3 is 4.57 Å². The summed E-state index contributed by atoms with van der Waals surface area (Å²) in [6.45, 7) is 2.02. The summed E-state index contributed by atoms with van der Waals surface area (Å²) in [6, 6.07) is 7.87. The van der Waals surface area contributed by atoms with Crippen molar-refractivity contribution >= 4 is 27.7 Å². The number of nitrogens with zero attached hydrogens (tertiary/aromatic N) is 1. The lowest BCUT2D eigenvalue weighted by Gasteiger charge is -1.98. The molecule has 0 amide bonds. The van der Waals surface area contributed by atoms with E-state index in [1.54, 1.807) is 0 Å². The van der Waals surface area contributed by atoms with Crippen molar-refractivity contribution in [2.45, 2.75) is 6.92 Å². The Balaban J connectivity index is 2.79. The Kier molecular flexibility index (Phi) is 2.08. The van der Waals surface area contributed by atoms with Gasteiger partial charge in [0.1, 0.15) is 5.69 Å². The molecule has 0 atom stereocenters. The quantitative estimate of drug-likeness (QED) is 0.660. The van der Waals surface area contributed by atoms with Gasteiger partial charge in [-0.05, 0) is 36.7 Å². The van der Waals surface area contributed by atoms with Crippen molar-refractivity contribution in [2.24, 2.45) is 7.05 Å². The molecule has 0 saturated carbocycles. The Morgan fingerprint density at radius 1 is 1.36 bits per heavy atom. The van der Waals surface area contributed by atoms with Crippen LogP contribution in [0, 0.1) is 6.92 Å². The Morgan fingerprint density at radius 3 is 2.71 bits per heavy atom. The number of fused-ring (bicyclic) bond motifs is 1. The molecule has 72 valence electrons. The van der Waals surface area contributed by atoms with Crippen LogP contribution in [0.15, 0.2) is 24.3 Å². The van der Waals surface area contributed by atoms with Gasteiger partial charge in [-0.25, -0.2) is 0 Å². The third-order valence-corrected chi connectivity index (χ3v) is 2.59. The van der Waals surface area contributed by atoms with Crippen molar-refractivity contribution in [1.29, 1.82) is 0 Å². The molecule has 0 spiro atoms. The highest BCUT2D eigenvalue weighted by atomic mass is 35.5. The fraction of sp³-hybridized carbons (Fsp3) is 0.182. The van der Waals surface area contributed by atoms with E-state index in [-0.39, 0.29) is 0 Å². The molecule has 1 heterocycles. The van der Waals surface area contributed by atoms with Gasteiger partial charge in [0.2, 0.25) is 0 Å². The Morgan fingerprint density at radius 2 is 2.07 bits per heavy atom. The lowest BCUT2D eigenvalue weighted by Crippen LogP contribution is -1.98. The molecule has 1 aromatic carbocycles. The average molecular weight is 208 g/mol. The van der Waals surface area contributed by atoms with E-state index in [4.69, 9.17) is 11.6 Å². The van der Waals surface area contributed by atoms with Gasteiger partial charge in [-0.1, -0.05) is 11.6 Å². The second-order valence-corrected chi connectivity index (χ2v) is 3.77. The molecule has 2 rings (SSSR count). The van der Waals surface area contributed by atoms with Crippen LogP contribution in [-0.2, 0) is 7.05 Å². The zero-order valence-electron chi connectivity index (χ0n) is 8.04. The van der Waals surface area contributed by atoms with Gasteiger partial charge in [-0.15, -0.1) is 0 Å². The van der Waals surface area contributed by atoms with E-state index in [2.05, 4.69) is 0 Å². The third kappa shape index (κ3) is 1.32. The summed E-state index contributed by atoms with van der Waals surface area (Å²) in [4.78, 5) is 11.1. The number of halogens is 1. The maximum absolute atomic E-state index is 11.1. The first-order chi connectivity index (χ1) is 6.59. The summed E-state index contributed by atoms with van der Waals surface area (Å²) in [5, 5.41) is 0.637. The van der Waals surface area contributed by atoms with Crippen molar-refractivity contribution in [3.63, 3.8) is 0 Å². The van der Waals surface area contributed by atoms with E-state index in [0.29, 0.717) is 5.69 Å². The van der Waals surface area contributed by atoms with E-state index in [1.165, 1.54) is 5.56 Å². The molecule has 3 heteroatoms. The van der Waals surface area contributed by atoms with Crippen LogP contribution in [0.2, 0.25) is 0 Å². The van der Waals surface area contributed by atoms with Gasteiger partial charge in [0, 0.05) is 18.0 Å². The molecule has 14 heavy (non-hydrogen) atoms. The summed E-state index contributed by atoms with van der Waals surface area (Å²) in [7, 11) is 1.84. The van der Waals surface area contributed by atoms with Crippen LogP contribution in [0.3, 0.4) is 0 Å². The largest absolute Gasteiger partial charge is 0.340 e. The maximum Gasteiger partial charge on any atom is 0.268 e. The lowest BCUT2D eigenvalue weighted by molar-refractivity contribution is 0.107. The molecule has 0 radical (unpaired) electrons. The minimum absolute atomic E-state index is 0.415. The maximum atomic E-state index is 11.1. The SMILES string of the molecule is Cc1ccc2c(c1)cc(C(=O)Cl)n2C. The Labute approximate surface area is 87.1 Å². The van der Waals surface area contributed by atoms with Crippen LogP contribution >= 0.6 is 11.6 Å². The standard InChI is InChI=1S/C11H10ClNO/c1-7-3-4-9-8(5-7)6-10(11(12)14)13(9)2/h3-6H,1-2H3. The molecule has 0 fully saturated rings. The smallest absolute Gasteiger partial charge is 0.268 e. The van der Waals surface area contributed by atoms with Crippen LogP contribution in [0.5, 0.6) is 0 Å². The Bertz CT molecular complexity index is 513. The van der Waals surface area contributed by atoms with Gasteiger partial charge in [0.05, 0.1) is 0 Å². The molecule has 0 N–H and O–H groups in total. The predicted octanol–water partition coefficient (Wildman–Crippen LogP) is 2.87. The molecule has 0 unspecified atom stereocenters. The minimum atomic E-state index is -0.415. The van der Waals surface area contributed by atoms with Crippen molar-refractivity contribution in [3.05, 3.63) is 35.5 Å². The van der Waals surface area contributed by atoms with Crippen LogP contribution < -0.4 is 0 Å². The first kappa shape index (κ1) is 9.28. The van der Waals surface area contributed by atoms with Gasteiger partial charge in [-0.3, -0.25) is 4.79 Å². The molecule has 1 aromatic heterocycles. The first-order valence-corrected chi connectivity index (χ1v) is 4.73. The predicted molar refractivity (Wildman–Crippen MR) is 57.8 cm³/mol. The number of benzene rings is 1. The second kappa shape index (κ2) is 3.14. The summed E-state index contributed by atoms with van der Waals surface area (Å²) in [6.07, 6.45) is 0. The van der Waals surface area contributed by atoms with Crippen LogP contribution in [0.25, 0.3) is 10.9 Å². The highest BCUT2D eigenvalue weighted by molar-refractivity contribution is 6.67. The molecular formula is C11H10ClNO. The molecule has 0 bridgehead atoms. The van der Waals surface area contributed by atoms with Gasteiger partial charge in [-0.2, -0.15) is 0 Å². The van der Waals surface area contributed by atoms with Crippen molar-refractivity contribution in [2.75, 3.05) is 0 Å². The fourth-order valence-corrected chi connectivity index (χ4v) is 1.84. The number of carbonyl (C=O) groups is 1. The van der Waals surface area contributed by atoms with Crippen molar-refractivity contribution < 1.29 is 4.79 Å². The number of aryl methyl sites for hydroxylation is 2. The topological polar surface area (TPSA) is 22.0 Å². The summed E-state index contributed by atoms with van der Waals surface area (Å²) >= 11 is 5.46. The van der Waals surface area contributed by atoms with Gasteiger partial charge in [0.25, 0.3) is 5.24 Å². The monoisotopic (exact) mass is 207 g/mol. The Hall–Kier alpha value is -1.28. The lowest BCUT2D eigenvalue weighted by atomic mass is 10.2. The summed E-state index contributed by atoms with van der Waals surface area (Å²) in [5.74, 6) is 0. The normalized spacial score (nSPS) is 10.8. The molecule has 0 aliphatic heterocycles. The van der Waals surface area contributed by atoms with Gasteiger partial charge >= 0.3 is 0 Å². The molecule has 0 aliphatic rings. The van der Waals surface area contributed by atoms with E-state index in [0.717, 1.165) is 10.9 Å². The van der Waals surface area contributed by atoms with Crippen LogP contribution in [0.4, 0.5) is 0 Å². The van der Waals surface area contributed by atoms with E-state index >= 15 is 0 Å². The summed E-state index contributed by atoms with van der Waals surface area (Å²) in [5.41, 5.74) is 2.74. The molecular weight excluding hydrogens is 198 g/mol. The third-order valence-electron chi connectivity index (χ3n) is 2.40. The number of carbonyl (C=O) groups excluding carboxylic acids is 1. The second-order valence-electron chi connectivity index (χ2n) is 3.42. The van der Waals surface area contributed by atoms with Crippen molar-refractivity contribution in [3.8, 4) is 0 Å². The van der Waals surface area contributed by atoms with Gasteiger partial charge in [0.15, 0.2) is 0 Å². The molecule has 2 nitrogen and oxygen atoms in total. The van der Waals surface area contributed by atoms with E-state index in [9.17, 15) is 4.79 Å². The zero-order valence-corrected chi connectivity index (χ0v) is 8.80. The number of hydrogen-bond acceptors (Lipinski definition) is 1. The van der Waals surface area contributed by atoms with Crippen molar-refractivity contribution in [1.82, 2.24) is 4.57 Å². The molecule has 2 aromatic rings. The number of hydrogen-bond donors (Lipinski definition) is 0. The van der Waals surface area contributed by atoms with Crippen LogP contribution in [0.1, 0.15) is 16.1 Å². The summed E-state index contributed by atoms with van der Waals surface area (Å²) < 4.78 is 1.81. The highest BCUT2D eigenvalue weighted by Crippen LogP contribution is 2.20. The molecule has 0 saturated heterocycles. The highest BCUT2D eigenvalue weighted by Gasteiger charge is 2.10. The van der Waals surface area contributed by atoms with E-state index in [1.807, 2.05) is 42.8 Å². The average Bonchev–Trinajstić information content (AvgIpc) is 2.43. The zero-order chi connectivity index (χ0) is 10.3. The van der Waals surface area contributed by atoms with E-state index < -0.39 is 5.24 Å². The number of rotatable bonds is 1. The van der Waals surface area contributed by atoms with Crippen LogP contribution in [-0.4, -0.2) is 9.81 Å². The minimum Gasteiger partial charge on any atom is -0.340 e. The number of aromatic nitrogens is 1. The molecule has 0 aliphatic carbocycles.